The van der Waals surface area contributed by atoms with Gasteiger partial charge >= 0.3 is 0 Å². The van der Waals surface area contributed by atoms with E-state index in [9.17, 15) is 13.6 Å². The zero-order valence-corrected chi connectivity index (χ0v) is 11.6. The standard InChI is InChI=1S/C15H7BrF2O2/c16-10-1-2-13-8(3-10)6-14(20-13)15(19)9-4-11(17)7-12(18)5-9/h1-7H. The first-order valence-corrected chi connectivity index (χ1v) is 6.52. The molecule has 1 heterocycles. The molecule has 0 aliphatic carbocycles. The molecule has 1 aromatic heterocycles. The molecule has 0 unspecified atom stereocenters. The molecule has 2 nitrogen and oxygen atoms in total. The predicted molar refractivity (Wildman–Crippen MR) is 73.7 cm³/mol. The van der Waals surface area contributed by atoms with Crippen molar-refractivity contribution < 1.29 is 18.0 Å². The Morgan fingerprint density at radius 2 is 1.70 bits per heavy atom. The highest BCUT2D eigenvalue weighted by atomic mass is 79.9. The summed E-state index contributed by atoms with van der Waals surface area (Å²) in [6.07, 6.45) is 0. The number of halogens is 3. The summed E-state index contributed by atoms with van der Waals surface area (Å²) in [7, 11) is 0. The molecule has 0 aliphatic rings. The molecule has 0 atom stereocenters. The van der Waals surface area contributed by atoms with E-state index in [0.29, 0.717) is 11.6 Å². The zero-order valence-electron chi connectivity index (χ0n) is 9.99. The maximum absolute atomic E-state index is 13.1. The fraction of sp³-hybridized carbons (Fsp3) is 0. The number of hydrogen-bond acceptors (Lipinski definition) is 2. The van der Waals surface area contributed by atoms with Gasteiger partial charge in [-0.3, -0.25) is 4.79 Å². The van der Waals surface area contributed by atoms with Gasteiger partial charge in [0.05, 0.1) is 0 Å². The molecule has 0 aliphatic heterocycles. The molecule has 0 fully saturated rings. The fourth-order valence-corrected chi connectivity index (χ4v) is 2.33. The van der Waals surface area contributed by atoms with Crippen LogP contribution in [0.15, 0.2) is 51.4 Å². The van der Waals surface area contributed by atoms with Crippen LogP contribution in [0.5, 0.6) is 0 Å². The van der Waals surface area contributed by atoms with E-state index in [2.05, 4.69) is 15.9 Å². The van der Waals surface area contributed by atoms with Gasteiger partial charge in [0.25, 0.3) is 0 Å². The van der Waals surface area contributed by atoms with E-state index in [1.54, 1.807) is 24.3 Å². The lowest BCUT2D eigenvalue weighted by atomic mass is 10.1. The number of fused-ring (bicyclic) bond motifs is 1. The second-order valence-electron chi connectivity index (χ2n) is 4.28. The first kappa shape index (κ1) is 13.0. The predicted octanol–water partition coefficient (Wildman–Crippen LogP) is 4.70. The SMILES string of the molecule is O=C(c1cc(F)cc(F)c1)c1cc2cc(Br)ccc2o1. The summed E-state index contributed by atoms with van der Waals surface area (Å²) in [6, 6.07) is 9.51. The first-order valence-electron chi connectivity index (χ1n) is 5.73. The fourth-order valence-electron chi connectivity index (χ4n) is 1.95. The van der Waals surface area contributed by atoms with E-state index >= 15 is 0 Å². The van der Waals surface area contributed by atoms with Crippen molar-refractivity contribution in [1.82, 2.24) is 0 Å². The van der Waals surface area contributed by atoms with Gasteiger partial charge in [-0.05, 0) is 36.4 Å². The van der Waals surface area contributed by atoms with Crippen molar-refractivity contribution in [2.75, 3.05) is 0 Å². The van der Waals surface area contributed by atoms with Gasteiger partial charge in [0, 0.05) is 21.5 Å². The molecule has 0 amide bonds. The van der Waals surface area contributed by atoms with Crippen molar-refractivity contribution >= 4 is 32.7 Å². The van der Waals surface area contributed by atoms with Crippen LogP contribution in [0.4, 0.5) is 8.78 Å². The van der Waals surface area contributed by atoms with Crippen molar-refractivity contribution in [2.45, 2.75) is 0 Å². The summed E-state index contributed by atoms with van der Waals surface area (Å²) >= 11 is 3.32. The summed E-state index contributed by atoms with van der Waals surface area (Å²) in [4.78, 5) is 12.2. The van der Waals surface area contributed by atoms with Crippen LogP contribution in [0.3, 0.4) is 0 Å². The third kappa shape index (κ3) is 2.36. The van der Waals surface area contributed by atoms with Crippen molar-refractivity contribution in [3.8, 4) is 0 Å². The van der Waals surface area contributed by atoms with Crippen LogP contribution in [0.1, 0.15) is 16.1 Å². The summed E-state index contributed by atoms with van der Waals surface area (Å²) in [5.74, 6) is -2.11. The van der Waals surface area contributed by atoms with Gasteiger partial charge < -0.3 is 4.42 Å². The van der Waals surface area contributed by atoms with E-state index < -0.39 is 17.4 Å². The highest BCUT2D eigenvalue weighted by Crippen LogP contribution is 2.25. The molecule has 2 aromatic carbocycles. The monoisotopic (exact) mass is 336 g/mol. The summed E-state index contributed by atoms with van der Waals surface area (Å²) in [5.41, 5.74) is 0.453. The summed E-state index contributed by atoms with van der Waals surface area (Å²) < 4.78 is 32.5. The van der Waals surface area contributed by atoms with E-state index in [-0.39, 0.29) is 11.3 Å². The lowest BCUT2D eigenvalue weighted by molar-refractivity contribution is 0.101. The Hall–Kier alpha value is -2.01. The molecule has 0 saturated heterocycles. The largest absolute Gasteiger partial charge is 0.453 e. The average Bonchev–Trinajstić information content (AvgIpc) is 2.79. The molecule has 100 valence electrons. The Morgan fingerprint density at radius 3 is 2.40 bits per heavy atom. The Balaban J connectivity index is 2.07. The lowest BCUT2D eigenvalue weighted by Gasteiger charge is -1.98. The van der Waals surface area contributed by atoms with E-state index in [1.165, 1.54) is 0 Å². The Kier molecular flexibility index (Phi) is 3.14. The average molecular weight is 337 g/mol. The number of benzene rings is 2. The van der Waals surface area contributed by atoms with Crippen LogP contribution >= 0.6 is 15.9 Å². The number of rotatable bonds is 2. The minimum atomic E-state index is -0.799. The molecular formula is C15H7BrF2O2. The van der Waals surface area contributed by atoms with E-state index in [4.69, 9.17) is 4.42 Å². The van der Waals surface area contributed by atoms with Gasteiger partial charge in [0.2, 0.25) is 5.78 Å². The minimum absolute atomic E-state index is 0.0445. The molecule has 0 saturated carbocycles. The van der Waals surface area contributed by atoms with Crippen molar-refractivity contribution in [1.29, 1.82) is 0 Å². The van der Waals surface area contributed by atoms with E-state index in [0.717, 1.165) is 22.0 Å². The third-order valence-electron chi connectivity index (χ3n) is 2.83. The molecular weight excluding hydrogens is 330 g/mol. The Bertz CT molecular complexity index is 804. The second kappa shape index (κ2) is 4.83. The maximum atomic E-state index is 13.1. The zero-order chi connectivity index (χ0) is 14.3. The number of furan rings is 1. The van der Waals surface area contributed by atoms with Gasteiger partial charge in [-0.2, -0.15) is 0 Å². The highest BCUT2D eigenvalue weighted by Gasteiger charge is 2.16. The number of carbonyl (C=O) groups is 1. The van der Waals surface area contributed by atoms with Gasteiger partial charge in [-0.25, -0.2) is 8.78 Å². The number of ketones is 1. The maximum Gasteiger partial charge on any atom is 0.228 e. The molecule has 0 spiro atoms. The molecule has 3 aromatic rings. The quantitative estimate of drug-likeness (QED) is 0.634. The Morgan fingerprint density at radius 1 is 1.00 bits per heavy atom. The first-order chi connectivity index (χ1) is 9.52. The van der Waals surface area contributed by atoms with Crippen LogP contribution in [0, 0.1) is 11.6 Å². The smallest absolute Gasteiger partial charge is 0.228 e. The second-order valence-corrected chi connectivity index (χ2v) is 5.20. The van der Waals surface area contributed by atoms with Gasteiger partial charge in [-0.15, -0.1) is 0 Å². The van der Waals surface area contributed by atoms with Crippen LogP contribution in [0.2, 0.25) is 0 Å². The highest BCUT2D eigenvalue weighted by molar-refractivity contribution is 9.10. The molecule has 0 N–H and O–H groups in total. The van der Waals surface area contributed by atoms with Crippen molar-refractivity contribution in [3.05, 3.63) is 69.9 Å². The minimum Gasteiger partial charge on any atom is -0.453 e. The summed E-state index contributed by atoms with van der Waals surface area (Å²) in [5, 5.41) is 0.736. The number of carbonyl (C=O) groups excluding carboxylic acids is 1. The topological polar surface area (TPSA) is 30.2 Å². The molecule has 0 radical (unpaired) electrons. The molecule has 3 rings (SSSR count). The molecule has 20 heavy (non-hydrogen) atoms. The molecule has 5 heteroatoms. The third-order valence-corrected chi connectivity index (χ3v) is 3.32. The molecule has 0 bridgehead atoms. The van der Waals surface area contributed by atoms with Gasteiger partial charge in [0.15, 0.2) is 5.76 Å². The van der Waals surface area contributed by atoms with E-state index in [1.807, 2.05) is 0 Å². The van der Waals surface area contributed by atoms with Crippen LogP contribution < -0.4 is 0 Å². The van der Waals surface area contributed by atoms with Gasteiger partial charge in [-0.1, -0.05) is 15.9 Å². The normalized spacial score (nSPS) is 10.9. The van der Waals surface area contributed by atoms with Crippen molar-refractivity contribution in [2.24, 2.45) is 0 Å². The van der Waals surface area contributed by atoms with Crippen LogP contribution in [0.25, 0.3) is 11.0 Å². The van der Waals surface area contributed by atoms with Crippen molar-refractivity contribution in [3.63, 3.8) is 0 Å². The summed E-state index contributed by atoms with van der Waals surface area (Å²) in [6.45, 7) is 0. The van der Waals surface area contributed by atoms with Gasteiger partial charge in [0.1, 0.15) is 17.2 Å². The van der Waals surface area contributed by atoms with Crippen LogP contribution in [-0.4, -0.2) is 5.78 Å². The Labute approximate surface area is 121 Å². The van der Waals surface area contributed by atoms with Crippen LogP contribution in [-0.2, 0) is 0 Å². The lowest BCUT2D eigenvalue weighted by Crippen LogP contribution is -2.01. The number of hydrogen-bond donors (Lipinski definition) is 0.